The molecular formula is C12H19N3O2. The Hall–Kier alpha value is -1.46. The van der Waals surface area contributed by atoms with E-state index >= 15 is 0 Å². The summed E-state index contributed by atoms with van der Waals surface area (Å²) >= 11 is 0. The molecule has 1 aromatic heterocycles. The first kappa shape index (κ1) is 13.6. The predicted octanol–water partition coefficient (Wildman–Crippen LogP) is 0.484. The van der Waals surface area contributed by atoms with Gasteiger partial charge in [-0.2, -0.15) is 0 Å². The zero-order valence-electron chi connectivity index (χ0n) is 10.3. The number of aryl methyl sites for hydroxylation is 1. The minimum absolute atomic E-state index is 0.0602. The number of ether oxygens (including phenoxy) is 1. The molecule has 0 aliphatic heterocycles. The summed E-state index contributed by atoms with van der Waals surface area (Å²) in [6, 6.07) is 1.64. The van der Waals surface area contributed by atoms with E-state index in [1.54, 1.807) is 25.6 Å². The van der Waals surface area contributed by atoms with Crippen LogP contribution >= 0.6 is 0 Å². The number of hydrogen-bond donors (Lipinski definition) is 2. The molecule has 0 saturated carbocycles. The van der Waals surface area contributed by atoms with E-state index in [-0.39, 0.29) is 11.9 Å². The largest absolute Gasteiger partial charge is 0.385 e. The summed E-state index contributed by atoms with van der Waals surface area (Å²) in [5.41, 5.74) is 7.08. The van der Waals surface area contributed by atoms with Gasteiger partial charge in [0, 0.05) is 44.3 Å². The number of rotatable bonds is 6. The highest BCUT2D eigenvalue weighted by molar-refractivity contribution is 5.95. The molecule has 5 heteroatoms. The Morgan fingerprint density at radius 2 is 2.41 bits per heavy atom. The lowest BCUT2D eigenvalue weighted by Gasteiger charge is -2.16. The monoisotopic (exact) mass is 237 g/mol. The molecule has 0 aliphatic rings. The number of pyridine rings is 1. The first-order chi connectivity index (χ1) is 8.19. The molecule has 0 spiro atoms. The maximum Gasteiger partial charge on any atom is 0.251 e. The number of amides is 1. The van der Waals surface area contributed by atoms with Gasteiger partial charge < -0.3 is 15.8 Å². The number of aromatic nitrogens is 1. The van der Waals surface area contributed by atoms with Gasteiger partial charge in [0.1, 0.15) is 0 Å². The second-order valence-electron chi connectivity index (χ2n) is 3.88. The second-order valence-corrected chi connectivity index (χ2v) is 3.88. The van der Waals surface area contributed by atoms with Crippen LogP contribution in [0.2, 0.25) is 0 Å². The third kappa shape index (κ3) is 4.13. The van der Waals surface area contributed by atoms with Crippen molar-refractivity contribution in [1.29, 1.82) is 0 Å². The van der Waals surface area contributed by atoms with Crippen molar-refractivity contribution in [1.82, 2.24) is 10.3 Å². The fourth-order valence-electron chi connectivity index (χ4n) is 1.50. The molecule has 17 heavy (non-hydrogen) atoms. The molecule has 1 unspecified atom stereocenters. The van der Waals surface area contributed by atoms with Crippen LogP contribution in [0, 0.1) is 6.92 Å². The molecule has 0 radical (unpaired) electrons. The predicted molar refractivity (Wildman–Crippen MR) is 65.8 cm³/mol. The molecule has 1 amide bonds. The van der Waals surface area contributed by atoms with Gasteiger partial charge in [-0.15, -0.1) is 0 Å². The van der Waals surface area contributed by atoms with E-state index in [1.165, 1.54) is 0 Å². The third-order valence-corrected chi connectivity index (χ3v) is 2.56. The van der Waals surface area contributed by atoms with E-state index < -0.39 is 0 Å². The van der Waals surface area contributed by atoms with Gasteiger partial charge in [-0.05, 0) is 25.0 Å². The maximum absolute atomic E-state index is 12.0. The van der Waals surface area contributed by atoms with E-state index in [1.807, 2.05) is 6.92 Å². The van der Waals surface area contributed by atoms with Crippen LogP contribution in [-0.4, -0.2) is 37.2 Å². The molecule has 1 heterocycles. The van der Waals surface area contributed by atoms with Gasteiger partial charge >= 0.3 is 0 Å². The average Bonchev–Trinajstić information content (AvgIpc) is 2.34. The summed E-state index contributed by atoms with van der Waals surface area (Å²) < 4.78 is 4.97. The zero-order chi connectivity index (χ0) is 12.7. The third-order valence-electron chi connectivity index (χ3n) is 2.56. The Labute approximate surface area is 101 Å². The van der Waals surface area contributed by atoms with Crippen molar-refractivity contribution in [2.45, 2.75) is 19.4 Å². The molecule has 1 rings (SSSR count). The van der Waals surface area contributed by atoms with Crippen LogP contribution < -0.4 is 11.1 Å². The normalized spacial score (nSPS) is 12.2. The van der Waals surface area contributed by atoms with Crippen LogP contribution in [-0.2, 0) is 4.74 Å². The summed E-state index contributed by atoms with van der Waals surface area (Å²) in [6.07, 6.45) is 3.99. The van der Waals surface area contributed by atoms with Crippen molar-refractivity contribution in [3.63, 3.8) is 0 Å². The second kappa shape index (κ2) is 6.98. The van der Waals surface area contributed by atoms with E-state index in [9.17, 15) is 4.79 Å². The van der Waals surface area contributed by atoms with E-state index in [4.69, 9.17) is 10.5 Å². The first-order valence-electron chi connectivity index (χ1n) is 5.59. The van der Waals surface area contributed by atoms with E-state index in [0.717, 1.165) is 5.56 Å². The van der Waals surface area contributed by atoms with Crippen LogP contribution in [0.25, 0.3) is 0 Å². The molecule has 3 N–H and O–H groups in total. The van der Waals surface area contributed by atoms with E-state index in [0.29, 0.717) is 25.1 Å². The van der Waals surface area contributed by atoms with Gasteiger partial charge in [0.2, 0.25) is 0 Å². The van der Waals surface area contributed by atoms with E-state index in [2.05, 4.69) is 10.3 Å². The quantitative estimate of drug-likeness (QED) is 0.754. The molecule has 5 nitrogen and oxygen atoms in total. The SMILES string of the molecule is COCCC(CN)NC(=O)c1ccncc1C. The van der Waals surface area contributed by atoms with Gasteiger partial charge in [0.05, 0.1) is 0 Å². The summed E-state index contributed by atoms with van der Waals surface area (Å²) in [5, 5.41) is 2.89. The molecule has 0 fully saturated rings. The smallest absolute Gasteiger partial charge is 0.251 e. The van der Waals surface area contributed by atoms with Crippen molar-refractivity contribution >= 4 is 5.91 Å². The lowest BCUT2D eigenvalue weighted by Crippen LogP contribution is -2.41. The fraction of sp³-hybridized carbons (Fsp3) is 0.500. The minimum atomic E-state index is -0.114. The van der Waals surface area contributed by atoms with Crippen LogP contribution in [0.3, 0.4) is 0 Å². The number of hydrogen-bond acceptors (Lipinski definition) is 4. The number of nitrogens with two attached hydrogens (primary N) is 1. The topological polar surface area (TPSA) is 77.2 Å². The maximum atomic E-state index is 12.0. The zero-order valence-corrected chi connectivity index (χ0v) is 10.3. The van der Waals surface area contributed by atoms with Crippen molar-refractivity contribution < 1.29 is 9.53 Å². The lowest BCUT2D eigenvalue weighted by molar-refractivity contribution is 0.0926. The molecule has 1 aromatic rings. The molecule has 0 aliphatic carbocycles. The number of methoxy groups -OCH3 is 1. The summed E-state index contributed by atoms with van der Waals surface area (Å²) in [5.74, 6) is -0.114. The molecule has 0 bridgehead atoms. The standard InChI is InChI=1S/C12H19N3O2/c1-9-8-14-5-3-11(9)12(16)15-10(7-13)4-6-17-2/h3,5,8,10H,4,6-7,13H2,1-2H3,(H,15,16). The summed E-state index contributed by atoms with van der Waals surface area (Å²) in [6.45, 7) is 2.84. The molecule has 94 valence electrons. The highest BCUT2D eigenvalue weighted by atomic mass is 16.5. The van der Waals surface area contributed by atoms with Gasteiger partial charge in [0.25, 0.3) is 5.91 Å². The van der Waals surface area contributed by atoms with Crippen molar-refractivity contribution in [2.24, 2.45) is 5.73 Å². The Morgan fingerprint density at radius 3 is 3.00 bits per heavy atom. The Morgan fingerprint density at radius 1 is 1.65 bits per heavy atom. The molecule has 1 atom stereocenters. The number of nitrogens with zero attached hydrogens (tertiary/aromatic N) is 1. The van der Waals surface area contributed by atoms with Gasteiger partial charge in [-0.1, -0.05) is 0 Å². The van der Waals surface area contributed by atoms with Crippen LogP contribution in [0.1, 0.15) is 22.3 Å². The molecule has 0 aromatic carbocycles. The number of carbonyl (C=O) groups excluding carboxylic acids is 1. The minimum Gasteiger partial charge on any atom is -0.385 e. The highest BCUT2D eigenvalue weighted by Gasteiger charge is 2.13. The van der Waals surface area contributed by atoms with Gasteiger partial charge in [0.15, 0.2) is 0 Å². The van der Waals surface area contributed by atoms with Crippen molar-refractivity contribution in [3.8, 4) is 0 Å². The van der Waals surface area contributed by atoms with Crippen LogP contribution in [0.5, 0.6) is 0 Å². The van der Waals surface area contributed by atoms with Crippen LogP contribution in [0.4, 0.5) is 0 Å². The lowest BCUT2D eigenvalue weighted by atomic mass is 10.1. The number of carbonyl (C=O) groups is 1. The summed E-state index contributed by atoms with van der Waals surface area (Å²) in [4.78, 5) is 15.9. The fourth-order valence-corrected chi connectivity index (χ4v) is 1.50. The summed E-state index contributed by atoms with van der Waals surface area (Å²) in [7, 11) is 1.63. The first-order valence-corrected chi connectivity index (χ1v) is 5.59. The Bertz CT molecular complexity index is 369. The van der Waals surface area contributed by atoms with Crippen molar-refractivity contribution in [2.75, 3.05) is 20.3 Å². The Balaban J connectivity index is 2.61. The number of nitrogens with one attached hydrogen (secondary N) is 1. The average molecular weight is 237 g/mol. The van der Waals surface area contributed by atoms with Crippen molar-refractivity contribution in [3.05, 3.63) is 29.6 Å². The Kier molecular flexibility index (Phi) is 5.59. The van der Waals surface area contributed by atoms with Crippen LogP contribution in [0.15, 0.2) is 18.5 Å². The van der Waals surface area contributed by atoms with Gasteiger partial charge in [-0.3, -0.25) is 9.78 Å². The van der Waals surface area contributed by atoms with Gasteiger partial charge in [-0.25, -0.2) is 0 Å². The molecular weight excluding hydrogens is 218 g/mol. The highest BCUT2D eigenvalue weighted by Crippen LogP contribution is 2.05. The molecule has 0 saturated heterocycles.